The van der Waals surface area contributed by atoms with E-state index in [1.165, 1.54) is 44.9 Å². The average Bonchev–Trinajstić information content (AvgIpc) is 3.45. The van der Waals surface area contributed by atoms with Gasteiger partial charge in [-0.2, -0.15) is 14.9 Å². The van der Waals surface area contributed by atoms with Gasteiger partial charge in [0, 0.05) is 23.1 Å². The summed E-state index contributed by atoms with van der Waals surface area (Å²) in [5.41, 5.74) is 0.487. The molecule has 0 aliphatic rings. The second-order valence-electron chi connectivity index (χ2n) is 6.29. The van der Waals surface area contributed by atoms with E-state index in [1.54, 1.807) is 18.2 Å². The highest BCUT2D eigenvalue weighted by molar-refractivity contribution is 6.33. The number of hydrogen-bond acceptors (Lipinski definition) is 7. The number of carbonyl (C=O) groups excluding carboxylic acids is 1. The Morgan fingerprint density at radius 2 is 1.97 bits per heavy atom. The van der Waals surface area contributed by atoms with Gasteiger partial charge in [0.15, 0.2) is 18.2 Å². The number of rotatable bonds is 7. The van der Waals surface area contributed by atoms with Crippen molar-refractivity contribution in [2.24, 2.45) is 0 Å². The molecule has 3 aromatic heterocycles. The summed E-state index contributed by atoms with van der Waals surface area (Å²) in [5, 5.41) is 25.3. The third kappa shape index (κ3) is 4.56. The van der Waals surface area contributed by atoms with E-state index in [-0.39, 0.29) is 35.6 Å². The first kappa shape index (κ1) is 20.2. The number of nitrogens with one attached hydrogen (secondary N) is 1. The molecule has 0 atom stereocenters. The van der Waals surface area contributed by atoms with Crippen molar-refractivity contribution >= 4 is 29.3 Å². The molecule has 0 saturated carbocycles. The zero-order valence-electron chi connectivity index (χ0n) is 15.6. The molecule has 31 heavy (non-hydrogen) atoms. The summed E-state index contributed by atoms with van der Waals surface area (Å²) in [4.78, 5) is 25.9. The lowest BCUT2D eigenvalue weighted by atomic mass is 10.2. The van der Waals surface area contributed by atoms with Gasteiger partial charge in [-0.15, -0.1) is 0 Å². The molecule has 0 spiro atoms. The van der Waals surface area contributed by atoms with Crippen LogP contribution in [0.4, 0.5) is 16.2 Å². The van der Waals surface area contributed by atoms with Gasteiger partial charge in [-0.3, -0.25) is 9.48 Å². The summed E-state index contributed by atoms with van der Waals surface area (Å²) in [6, 6.07) is 7.71. The van der Waals surface area contributed by atoms with Crippen molar-refractivity contribution in [2.75, 3.05) is 5.32 Å². The maximum absolute atomic E-state index is 13.8. The number of aromatic nitrogens is 7. The normalized spacial score (nSPS) is 10.9. The van der Waals surface area contributed by atoms with Crippen LogP contribution in [0.2, 0.25) is 5.02 Å². The maximum Gasteiger partial charge on any atom is 0.491 e. The van der Waals surface area contributed by atoms with Gasteiger partial charge in [0.2, 0.25) is 6.33 Å². The van der Waals surface area contributed by atoms with Crippen LogP contribution in [0.5, 0.6) is 0 Å². The molecule has 0 bridgehead atoms. The number of amides is 1. The summed E-state index contributed by atoms with van der Waals surface area (Å²) < 4.78 is 17.8. The van der Waals surface area contributed by atoms with Crippen molar-refractivity contribution in [3.05, 3.63) is 81.3 Å². The Morgan fingerprint density at radius 3 is 2.71 bits per heavy atom. The van der Waals surface area contributed by atoms with Gasteiger partial charge in [-0.05, 0) is 17.1 Å². The quantitative estimate of drug-likeness (QED) is 0.339. The molecule has 1 aromatic carbocycles. The lowest BCUT2D eigenvalue weighted by molar-refractivity contribution is -0.394. The molecule has 4 rings (SSSR count). The number of benzene rings is 1. The fraction of sp³-hybridized carbons (Fsp3) is 0.118. The second-order valence-corrected chi connectivity index (χ2v) is 6.70. The number of anilines is 1. The van der Waals surface area contributed by atoms with E-state index in [0.717, 1.165) is 0 Å². The minimum Gasteiger partial charge on any atom is -0.390 e. The van der Waals surface area contributed by atoms with E-state index >= 15 is 0 Å². The Balaban J connectivity index is 1.42. The SMILES string of the molecule is O=C(Nc1nn(Cc2ccccc2F)cc1Cl)c1ccn(Cn2cnc([N+](=O)[O-])n2)n1. The highest BCUT2D eigenvalue weighted by Gasteiger charge is 2.17. The Hall–Kier alpha value is -4.13. The van der Waals surface area contributed by atoms with E-state index in [2.05, 4.69) is 25.6 Å². The summed E-state index contributed by atoms with van der Waals surface area (Å²) in [6.07, 6.45) is 4.15. The van der Waals surface area contributed by atoms with E-state index in [0.29, 0.717) is 5.56 Å². The average molecular weight is 446 g/mol. The fourth-order valence-electron chi connectivity index (χ4n) is 2.68. The number of nitrogens with zero attached hydrogens (tertiary/aromatic N) is 8. The van der Waals surface area contributed by atoms with Gasteiger partial charge in [-0.1, -0.05) is 34.8 Å². The lowest BCUT2D eigenvalue weighted by Crippen LogP contribution is -2.16. The molecule has 0 aliphatic heterocycles. The molecule has 158 valence electrons. The molecule has 14 heteroatoms. The van der Waals surface area contributed by atoms with Crippen molar-refractivity contribution in [2.45, 2.75) is 13.2 Å². The summed E-state index contributed by atoms with van der Waals surface area (Å²) in [5.74, 6) is -1.38. The van der Waals surface area contributed by atoms with E-state index in [1.807, 2.05) is 0 Å². The predicted molar refractivity (Wildman–Crippen MR) is 105 cm³/mol. The number of hydrogen-bond donors (Lipinski definition) is 1. The summed E-state index contributed by atoms with van der Waals surface area (Å²) >= 11 is 6.13. The van der Waals surface area contributed by atoms with E-state index < -0.39 is 16.8 Å². The van der Waals surface area contributed by atoms with Crippen molar-refractivity contribution in [3.8, 4) is 0 Å². The van der Waals surface area contributed by atoms with Crippen LogP contribution in [0, 0.1) is 15.9 Å². The molecule has 0 fully saturated rings. The Labute approximate surface area is 178 Å². The molecule has 0 unspecified atom stereocenters. The van der Waals surface area contributed by atoms with Crippen LogP contribution in [-0.4, -0.2) is 45.2 Å². The second kappa shape index (κ2) is 8.31. The van der Waals surface area contributed by atoms with Crippen LogP contribution in [-0.2, 0) is 13.2 Å². The molecule has 3 heterocycles. The third-order valence-electron chi connectivity index (χ3n) is 4.09. The monoisotopic (exact) mass is 445 g/mol. The Kier molecular flexibility index (Phi) is 5.41. The van der Waals surface area contributed by atoms with E-state index in [4.69, 9.17) is 11.6 Å². The Bertz CT molecular complexity index is 1270. The van der Waals surface area contributed by atoms with Crippen molar-refractivity contribution in [1.82, 2.24) is 34.3 Å². The molecule has 0 radical (unpaired) electrons. The molecular formula is C17H13ClFN9O3. The van der Waals surface area contributed by atoms with Crippen LogP contribution in [0.15, 0.2) is 49.1 Å². The molecule has 1 amide bonds. The predicted octanol–water partition coefficient (Wildman–Crippen LogP) is 2.18. The molecule has 0 saturated heterocycles. The molecular weight excluding hydrogens is 433 g/mol. The highest BCUT2D eigenvalue weighted by Crippen LogP contribution is 2.21. The summed E-state index contributed by atoms with van der Waals surface area (Å²) in [7, 11) is 0. The first-order valence-corrected chi connectivity index (χ1v) is 9.12. The van der Waals surface area contributed by atoms with Gasteiger partial charge in [0.25, 0.3) is 5.91 Å². The van der Waals surface area contributed by atoms with Crippen molar-refractivity contribution in [3.63, 3.8) is 0 Å². The highest BCUT2D eigenvalue weighted by atomic mass is 35.5. The van der Waals surface area contributed by atoms with Crippen LogP contribution >= 0.6 is 11.6 Å². The molecule has 4 aromatic rings. The van der Waals surface area contributed by atoms with Crippen LogP contribution in [0.3, 0.4) is 0 Å². The minimum absolute atomic E-state index is 0.0200. The maximum atomic E-state index is 13.8. The fourth-order valence-corrected chi connectivity index (χ4v) is 2.88. The van der Waals surface area contributed by atoms with Crippen molar-refractivity contribution in [1.29, 1.82) is 0 Å². The first-order chi connectivity index (χ1) is 14.9. The van der Waals surface area contributed by atoms with Gasteiger partial charge in [0.1, 0.15) is 10.8 Å². The zero-order valence-corrected chi connectivity index (χ0v) is 16.3. The van der Waals surface area contributed by atoms with E-state index in [9.17, 15) is 19.3 Å². The van der Waals surface area contributed by atoms with Crippen molar-refractivity contribution < 1.29 is 14.1 Å². The van der Waals surface area contributed by atoms with Gasteiger partial charge in [0.05, 0.1) is 6.54 Å². The van der Waals surface area contributed by atoms with Gasteiger partial charge >= 0.3 is 5.95 Å². The number of halogens is 2. The molecule has 1 N–H and O–H groups in total. The number of nitro groups is 1. The molecule has 0 aliphatic carbocycles. The molecule has 12 nitrogen and oxygen atoms in total. The first-order valence-electron chi connectivity index (χ1n) is 8.74. The smallest absolute Gasteiger partial charge is 0.390 e. The number of carbonyl (C=O) groups is 1. The topological polar surface area (TPSA) is 139 Å². The largest absolute Gasteiger partial charge is 0.491 e. The van der Waals surface area contributed by atoms with Crippen LogP contribution < -0.4 is 5.32 Å². The van der Waals surface area contributed by atoms with Gasteiger partial charge < -0.3 is 15.4 Å². The zero-order chi connectivity index (χ0) is 22.0. The standard InChI is InChI=1S/C17H13ClFN9O3/c18-12-8-26(7-11-3-1-2-4-13(11)19)23-15(12)21-16(29)14-5-6-25(22-14)10-27-9-20-17(24-27)28(30)31/h1-6,8-9H,7,10H2,(H,21,23,29). The third-order valence-corrected chi connectivity index (χ3v) is 4.37. The summed E-state index contributed by atoms with van der Waals surface area (Å²) in [6.45, 7) is 0.160. The lowest BCUT2D eigenvalue weighted by Gasteiger charge is -2.03. The Morgan fingerprint density at radius 1 is 1.16 bits per heavy atom. The minimum atomic E-state index is -0.715. The van der Waals surface area contributed by atoms with Crippen LogP contribution in [0.25, 0.3) is 0 Å². The van der Waals surface area contributed by atoms with Crippen LogP contribution in [0.1, 0.15) is 16.1 Å². The van der Waals surface area contributed by atoms with Gasteiger partial charge in [-0.25, -0.2) is 9.07 Å².